The number of aromatic nitrogens is 2. The van der Waals surface area contributed by atoms with Crippen LogP contribution >= 0.6 is 0 Å². The van der Waals surface area contributed by atoms with Crippen molar-refractivity contribution in [3.63, 3.8) is 0 Å². The topological polar surface area (TPSA) is 91.8 Å². The number of benzene rings is 3. The number of alkyl halides is 3. The van der Waals surface area contributed by atoms with Gasteiger partial charge in [-0.3, -0.25) is 0 Å². The van der Waals surface area contributed by atoms with Gasteiger partial charge in [0.1, 0.15) is 11.5 Å². The minimum absolute atomic E-state index is 0.0913. The summed E-state index contributed by atoms with van der Waals surface area (Å²) in [5, 5.41) is 6.52. The number of fused-ring (bicyclic) bond motifs is 1. The van der Waals surface area contributed by atoms with Crippen molar-refractivity contribution in [2.45, 2.75) is 13.1 Å². The van der Waals surface area contributed by atoms with E-state index in [9.17, 15) is 18.0 Å². The number of hydrogen-bond donors (Lipinski definition) is 2. The van der Waals surface area contributed by atoms with Crippen LogP contribution in [0.5, 0.6) is 17.4 Å². The molecule has 4 rings (SSSR count). The molecule has 0 bridgehead atoms. The van der Waals surface area contributed by atoms with E-state index in [4.69, 9.17) is 9.47 Å². The Balaban J connectivity index is 1.57. The molecule has 0 radical (unpaired) electrons. The fraction of sp³-hybridized carbons (Fsp3) is 0.276. The second-order valence-electron chi connectivity index (χ2n) is 9.62. The maximum absolute atomic E-state index is 13.2. The van der Waals surface area contributed by atoms with Gasteiger partial charge < -0.3 is 29.9 Å². The van der Waals surface area contributed by atoms with E-state index in [-0.39, 0.29) is 11.4 Å². The van der Waals surface area contributed by atoms with Gasteiger partial charge in [-0.05, 0) is 51.4 Å². The SMILES string of the molecule is COc1ccc(C(F)(F)F)cc1NC(=O)Nc1ccc(Oc2cc(C)nc(N(C)CCN(C)C)n2)c2ccccc12. The molecule has 0 aliphatic carbocycles. The maximum Gasteiger partial charge on any atom is 0.416 e. The van der Waals surface area contributed by atoms with Gasteiger partial charge in [-0.2, -0.15) is 18.2 Å². The number of anilines is 3. The first-order valence-corrected chi connectivity index (χ1v) is 12.7. The summed E-state index contributed by atoms with van der Waals surface area (Å²) in [4.78, 5) is 26.0. The first kappa shape index (κ1) is 29.4. The number of hydrogen-bond acceptors (Lipinski definition) is 7. The predicted molar refractivity (Wildman–Crippen MR) is 153 cm³/mol. The first-order chi connectivity index (χ1) is 19.4. The molecule has 0 atom stereocenters. The zero-order valence-corrected chi connectivity index (χ0v) is 23.3. The van der Waals surface area contributed by atoms with Crippen molar-refractivity contribution < 1.29 is 27.4 Å². The van der Waals surface area contributed by atoms with Crippen LogP contribution in [0.2, 0.25) is 0 Å². The van der Waals surface area contributed by atoms with Gasteiger partial charge in [0.2, 0.25) is 11.8 Å². The Morgan fingerprint density at radius 3 is 2.24 bits per heavy atom. The summed E-state index contributed by atoms with van der Waals surface area (Å²) >= 11 is 0. The average Bonchev–Trinajstić information content (AvgIpc) is 2.92. The fourth-order valence-corrected chi connectivity index (χ4v) is 4.04. The number of ether oxygens (including phenoxy) is 2. The normalized spacial score (nSPS) is 11.4. The minimum Gasteiger partial charge on any atom is -0.495 e. The smallest absolute Gasteiger partial charge is 0.416 e. The van der Waals surface area contributed by atoms with Crippen LogP contribution in [0.15, 0.2) is 60.7 Å². The second-order valence-corrected chi connectivity index (χ2v) is 9.62. The largest absolute Gasteiger partial charge is 0.495 e. The Labute approximate surface area is 235 Å². The van der Waals surface area contributed by atoms with E-state index in [2.05, 4.69) is 25.5 Å². The van der Waals surface area contributed by atoms with Gasteiger partial charge >= 0.3 is 12.2 Å². The summed E-state index contributed by atoms with van der Waals surface area (Å²) in [6.07, 6.45) is -4.57. The highest BCUT2D eigenvalue weighted by molar-refractivity contribution is 6.08. The third kappa shape index (κ3) is 7.34. The second kappa shape index (κ2) is 12.3. The number of likely N-dealkylation sites (N-methyl/N-ethyl adjacent to an activating group) is 2. The number of urea groups is 1. The fourth-order valence-electron chi connectivity index (χ4n) is 4.04. The van der Waals surface area contributed by atoms with E-state index >= 15 is 0 Å². The van der Waals surface area contributed by atoms with Crippen LogP contribution < -0.4 is 25.0 Å². The molecule has 41 heavy (non-hydrogen) atoms. The molecular formula is C29H31F3N6O3. The number of carbonyl (C=O) groups is 1. The van der Waals surface area contributed by atoms with Gasteiger partial charge in [-0.25, -0.2) is 9.78 Å². The van der Waals surface area contributed by atoms with E-state index in [1.165, 1.54) is 7.11 Å². The van der Waals surface area contributed by atoms with Crippen LogP contribution in [-0.2, 0) is 6.18 Å². The van der Waals surface area contributed by atoms with Crippen molar-refractivity contribution in [2.24, 2.45) is 0 Å². The lowest BCUT2D eigenvalue weighted by Gasteiger charge is -2.20. The Bertz CT molecular complexity index is 1540. The van der Waals surface area contributed by atoms with Gasteiger partial charge in [0.15, 0.2) is 0 Å². The first-order valence-electron chi connectivity index (χ1n) is 12.7. The van der Waals surface area contributed by atoms with Crippen LogP contribution in [0.4, 0.5) is 35.3 Å². The molecule has 0 saturated carbocycles. The van der Waals surface area contributed by atoms with Crippen LogP contribution in [-0.4, -0.2) is 62.2 Å². The summed E-state index contributed by atoms with van der Waals surface area (Å²) in [6.45, 7) is 3.42. The van der Waals surface area contributed by atoms with E-state index in [0.717, 1.165) is 37.0 Å². The summed E-state index contributed by atoms with van der Waals surface area (Å²) < 4.78 is 50.9. The summed E-state index contributed by atoms with van der Waals surface area (Å²) in [5.74, 6) is 1.50. The quantitative estimate of drug-likeness (QED) is 0.241. The van der Waals surface area contributed by atoms with E-state index in [1.54, 1.807) is 30.3 Å². The molecule has 0 aliphatic rings. The van der Waals surface area contributed by atoms with E-state index in [0.29, 0.717) is 34.0 Å². The molecule has 0 fully saturated rings. The highest BCUT2D eigenvalue weighted by atomic mass is 19.4. The van der Waals surface area contributed by atoms with Gasteiger partial charge in [0.05, 0.1) is 24.0 Å². The summed E-state index contributed by atoms with van der Waals surface area (Å²) in [7, 11) is 7.21. The minimum atomic E-state index is -4.57. The molecule has 1 heterocycles. The lowest BCUT2D eigenvalue weighted by Crippen LogP contribution is -2.29. The van der Waals surface area contributed by atoms with Crippen molar-refractivity contribution in [3.8, 4) is 17.4 Å². The Morgan fingerprint density at radius 1 is 0.878 bits per heavy atom. The Kier molecular flexibility index (Phi) is 8.82. The lowest BCUT2D eigenvalue weighted by molar-refractivity contribution is -0.137. The molecule has 2 N–H and O–H groups in total. The molecule has 0 aliphatic heterocycles. The molecule has 0 unspecified atom stereocenters. The van der Waals surface area contributed by atoms with Crippen LogP contribution in [0, 0.1) is 6.92 Å². The van der Waals surface area contributed by atoms with Gasteiger partial charge in [-0.1, -0.05) is 24.3 Å². The standard InChI is InChI=1S/C29H31F3N6O3/c1-18-16-26(36-27(33-18)38(4)15-14-37(2)3)41-24-13-11-22(20-8-6-7-9-21(20)24)34-28(39)35-23-17-19(29(30,31)32)10-12-25(23)40-5/h6-13,16-17H,14-15H2,1-5H3,(H2,34,35,39). The Morgan fingerprint density at radius 2 is 1.56 bits per heavy atom. The number of nitrogens with zero attached hydrogens (tertiary/aromatic N) is 4. The van der Waals surface area contributed by atoms with Crippen LogP contribution in [0.3, 0.4) is 0 Å². The molecule has 0 saturated heterocycles. The van der Waals surface area contributed by atoms with E-state index < -0.39 is 17.8 Å². The average molecular weight is 569 g/mol. The number of halogens is 3. The molecule has 4 aromatic rings. The Hall–Kier alpha value is -4.58. The number of rotatable bonds is 9. The van der Waals surface area contributed by atoms with Crippen molar-refractivity contribution in [1.82, 2.24) is 14.9 Å². The van der Waals surface area contributed by atoms with Gasteiger partial charge in [-0.15, -0.1) is 0 Å². The van der Waals surface area contributed by atoms with Crippen molar-refractivity contribution in [3.05, 3.63) is 71.9 Å². The number of aryl methyl sites for hydroxylation is 1. The molecule has 12 heteroatoms. The summed E-state index contributed by atoms with van der Waals surface area (Å²) in [5.41, 5.74) is 0.146. The number of amides is 2. The third-order valence-electron chi connectivity index (χ3n) is 6.16. The molecular weight excluding hydrogens is 537 g/mol. The number of methoxy groups -OCH3 is 1. The van der Waals surface area contributed by atoms with Crippen molar-refractivity contribution >= 4 is 34.1 Å². The van der Waals surface area contributed by atoms with Crippen LogP contribution in [0.25, 0.3) is 10.8 Å². The van der Waals surface area contributed by atoms with Gasteiger partial charge in [0, 0.05) is 42.7 Å². The molecule has 1 aromatic heterocycles. The van der Waals surface area contributed by atoms with Crippen molar-refractivity contribution in [2.75, 3.05) is 56.9 Å². The van der Waals surface area contributed by atoms with E-state index in [1.807, 2.05) is 45.1 Å². The highest BCUT2D eigenvalue weighted by Gasteiger charge is 2.31. The lowest BCUT2D eigenvalue weighted by atomic mass is 10.1. The monoisotopic (exact) mass is 568 g/mol. The third-order valence-corrected chi connectivity index (χ3v) is 6.16. The zero-order valence-electron chi connectivity index (χ0n) is 23.3. The molecule has 2 amide bonds. The van der Waals surface area contributed by atoms with Crippen molar-refractivity contribution in [1.29, 1.82) is 0 Å². The highest BCUT2D eigenvalue weighted by Crippen LogP contribution is 2.36. The zero-order chi connectivity index (χ0) is 29.7. The van der Waals surface area contributed by atoms with Gasteiger partial charge in [0.25, 0.3) is 0 Å². The summed E-state index contributed by atoms with van der Waals surface area (Å²) in [6, 6.07) is 14.5. The maximum atomic E-state index is 13.2. The molecule has 3 aromatic carbocycles. The molecule has 216 valence electrons. The molecule has 0 spiro atoms. The van der Waals surface area contributed by atoms with Crippen LogP contribution in [0.1, 0.15) is 11.3 Å². The molecule has 9 nitrogen and oxygen atoms in total. The predicted octanol–water partition coefficient (Wildman–Crippen LogP) is 6.40. The number of nitrogens with one attached hydrogen (secondary N) is 2. The number of carbonyl (C=O) groups excluding carboxylic acids is 1.